The van der Waals surface area contributed by atoms with Gasteiger partial charge in [-0.2, -0.15) is 23.3 Å². The van der Waals surface area contributed by atoms with Crippen LogP contribution in [0.5, 0.6) is 5.75 Å². The van der Waals surface area contributed by atoms with E-state index in [4.69, 9.17) is 10.5 Å². The second-order valence-electron chi connectivity index (χ2n) is 8.45. The molecule has 0 unspecified atom stereocenters. The number of methoxy groups -OCH3 is 1. The summed E-state index contributed by atoms with van der Waals surface area (Å²) in [6.07, 6.45) is -4.40. The van der Waals surface area contributed by atoms with E-state index in [-0.39, 0.29) is 5.56 Å². The van der Waals surface area contributed by atoms with Gasteiger partial charge < -0.3 is 20.3 Å². The second-order valence-corrected chi connectivity index (χ2v) is 8.45. The van der Waals surface area contributed by atoms with Gasteiger partial charge in [-0.1, -0.05) is 6.07 Å². The first-order valence-electron chi connectivity index (χ1n) is 11.2. The molecule has 2 aromatic carbocycles. The molecular weight excluding hydrogens is 478 g/mol. The van der Waals surface area contributed by atoms with Crippen molar-refractivity contribution < 1.29 is 22.3 Å². The van der Waals surface area contributed by atoms with Gasteiger partial charge in [0, 0.05) is 50.5 Å². The molecule has 1 aliphatic heterocycles. The van der Waals surface area contributed by atoms with Crippen LogP contribution in [-0.4, -0.2) is 53.0 Å². The number of alkyl halides is 3. The molecule has 5 rings (SSSR count). The molecule has 3 heterocycles. The first-order chi connectivity index (χ1) is 17.2. The minimum absolute atomic E-state index is 0.228. The first-order valence-corrected chi connectivity index (χ1v) is 11.2. The number of hydrogen-bond donors (Lipinski definition) is 1. The molecule has 0 atom stereocenters. The quantitative estimate of drug-likeness (QED) is 0.422. The monoisotopic (exact) mass is 501 g/mol. The van der Waals surface area contributed by atoms with Crippen LogP contribution in [0.25, 0.3) is 22.3 Å². The third-order valence-corrected chi connectivity index (χ3v) is 6.26. The van der Waals surface area contributed by atoms with Crippen LogP contribution in [0.2, 0.25) is 0 Å². The van der Waals surface area contributed by atoms with Crippen molar-refractivity contribution in [1.82, 2.24) is 19.7 Å². The van der Waals surface area contributed by atoms with Crippen molar-refractivity contribution >= 4 is 28.5 Å². The molecule has 1 aliphatic rings. The summed E-state index contributed by atoms with van der Waals surface area (Å²) in [6.45, 7) is 1.82. The number of rotatable bonds is 4. The van der Waals surface area contributed by atoms with E-state index in [9.17, 15) is 13.2 Å². The number of ether oxygens (including phenoxy) is 1. The highest BCUT2D eigenvalue weighted by atomic mass is 19.4. The molecule has 0 spiro atoms. The van der Waals surface area contributed by atoms with Gasteiger partial charge in [0.1, 0.15) is 17.4 Å². The minimum atomic E-state index is -4.40. The van der Waals surface area contributed by atoms with Crippen LogP contribution in [0, 0.1) is 5.82 Å². The van der Waals surface area contributed by atoms with E-state index in [0.29, 0.717) is 66.1 Å². The van der Waals surface area contributed by atoms with E-state index < -0.39 is 17.6 Å². The van der Waals surface area contributed by atoms with Crippen molar-refractivity contribution in [3.8, 4) is 17.0 Å². The molecule has 0 bridgehead atoms. The summed E-state index contributed by atoms with van der Waals surface area (Å²) in [5.74, 6) is 0.482. The Hall–Kier alpha value is -4.09. The molecular formula is C24H23F4N7O. The van der Waals surface area contributed by atoms with Crippen molar-refractivity contribution in [3.63, 3.8) is 0 Å². The number of nitrogen functional groups attached to an aromatic ring is 1. The number of anilines is 3. The normalized spacial score (nSPS) is 14.5. The SMILES string of the molecule is COc1ccc(-c2nc(N3CCN(c4cccc(C(F)(F)F)c4)CC3)nc3nn(C)c(N)c23)c(F)c1. The van der Waals surface area contributed by atoms with E-state index >= 15 is 4.39 Å². The fourth-order valence-corrected chi connectivity index (χ4v) is 4.30. The van der Waals surface area contributed by atoms with Crippen LogP contribution in [0.3, 0.4) is 0 Å². The lowest BCUT2D eigenvalue weighted by Crippen LogP contribution is -2.47. The van der Waals surface area contributed by atoms with Crippen molar-refractivity contribution in [2.45, 2.75) is 6.18 Å². The Kier molecular flexibility index (Phi) is 5.81. The number of halogens is 4. The summed E-state index contributed by atoms with van der Waals surface area (Å²) in [5.41, 5.74) is 6.88. The van der Waals surface area contributed by atoms with Crippen LogP contribution in [0.4, 0.5) is 35.0 Å². The number of aryl methyl sites for hydroxylation is 1. The predicted molar refractivity (Wildman–Crippen MR) is 129 cm³/mol. The number of benzene rings is 2. The average Bonchev–Trinajstić information content (AvgIpc) is 3.16. The summed E-state index contributed by atoms with van der Waals surface area (Å²) < 4.78 is 61.0. The van der Waals surface area contributed by atoms with E-state index in [1.807, 2.05) is 9.80 Å². The number of nitrogens with zero attached hydrogens (tertiary/aromatic N) is 6. The van der Waals surface area contributed by atoms with Gasteiger partial charge in [-0.15, -0.1) is 0 Å². The van der Waals surface area contributed by atoms with Gasteiger partial charge in [0.15, 0.2) is 5.65 Å². The van der Waals surface area contributed by atoms with Crippen molar-refractivity contribution in [2.24, 2.45) is 7.05 Å². The molecule has 2 aromatic heterocycles. The van der Waals surface area contributed by atoms with Crippen molar-refractivity contribution in [3.05, 3.63) is 53.8 Å². The van der Waals surface area contributed by atoms with E-state index in [1.165, 1.54) is 23.9 Å². The third kappa shape index (κ3) is 4.23. The largest absolute Gasteiger partial charge is 0.497 e. The number of aromatic nitrogens is 4. The maximum absolute atomic E-state index is 15.0. The Labute approximate surface area is 203 Å². The molecule has 188 valence electrons. The highest BCUT2D eigenvalue weighted by molar-refractivity contribution is 5.99. The standard InChI is InChI=1S/C24H23F4N7O/c1-33-21(29)19-20(17-7-6-16(36-2)13-18(17)25)30-23(31-22(19)32-33)35-10-8-34(9-11-35)15-5-3-4-14(12-15)24(26,27)28/h3-7,12-13H,8-11,29H2,1-2H3. The lowest BCUT2D eigenvalue weighted by molar-refractivity contribution is -0.137. The van der Waals surface area contributed by atoms with E-state index in [1.54, 1.807) is 25.2 Å². The molecule has 0 radical (unpaired) electrons. The highest BCUT2D eigenvalue weighted by Crippen LogP contribution is 2.35. The van der Waals surface area contributed by atoms with E-state index in [0.717, 1.165) is 12.1 Å². The van der Waals surface area contributed by atoms with Crippen LogP contribution in [0.1, 0.15) is 5.56 Å². The third-order valence-electron chi connectivity index (χ3n) is 6.26. The zero-order valence-corrected chi connectivity index (χ0v) is 19.6. The van der Waals surface area contributed by atoms with Gasteiger partial charge >= 0.3 is 6.18 Å². The number of fused-ring (bicyclic) bond motifs is 1. The maximum Gasteiger partial charge on any atom is 0.416 e. The number of hydrogen-bond acceptors (Lipinski definition) is 7. The minimum Gasteiger partial charge on any atom is -0.497 e. The Bertz CT molecular complexity index is 1430. The molecule has 36 heavy (non-hydrogen) atoms. The topological polar surface area (TPSA) is 85.3 Å². The van der Waals surface area contributed by atoms with Crippen LogP contribution < -0.4 is 20.3 Å². The molecule has 1 saturated heterocycles. The van der Waals surface area contributed by atoms with Gasteiger partial charge in [0.25, 0.3) is 0 Å². The molecule has 2 N–H and O–H groups in total. The zero-order valence-electron chi connectivity index (χ0n) is 19.6. The lowest BCUT2D eigenvalue weighted by atomic mass is 10.1. The summed E-state index contributed by atoms with van der Waals surface area (Å²) in [4.78, 5) is 13.0. The predicted octanol–water partition coefficient (Wildman–Crippen LogP) is 4.11. The summed E-state index contributed by atoms with van der Waals surface area (Å²) in [7, 11) is 3.12. The van der Waals surface area contributed by atoms with Crippen LogP contribution >= 0.6 is 0 Å². The van der Waals surface area contributed by atoms with Gasteiger partial charge in [-0.25, -0.2) is 9.37 Å². The Morgan fingerprint density at radius 2 is 1.69 bits per heavy atom. The van der Waals surface area contributed by atoms with Gasteiger partial charge in [-0.3, -0.25) is 4.68 Å². The molecule has 12 heteroatoms. The Balaban J connectivity index is 1.47. The van der Waals surface area contributed by atoms with Crippen molar-refractivity contribution in [1.29, 1.82) is 0 Å². The van der Waals surface area contributed by atoms with E-state index in [2.05, 4.69) is 15.1 Å². The molecule has 0 saturated carbocycles. The first kappa shape index (κ1) is 23.6. The van der Waals surface area contributed by atoms with Crippen LogP contribution in [-0.2, 0) is 13.2 Å². The highest BCUT2D eigenvalue weighted by Gasteiger charge is 2.31. The Morgan fingerprint density at radius 3 is 2.36 bits per heavy atom. The molecule has 0 amide bonds. The number of piperazine rings is 1. The van der Waals surface area contributed by atoms with Crippen LogP contribution in [0.15, 0.2) is 42.5 Å². The summed E-state index contributed by atoms with van der Waals surface area (Å²) in [6, 6.07) is 9.74. The second kappa shape index (κ2) is 8.85. The average molecular weight is 501 g/mol. The molecule has 1 fully saturated rings. The maximum atomic E-state index is 15.0. The summed E-state index contributed by atoms with van der Waals surface area (Å²) in [5, 5.41) is 4.80. The van der Waals surface area contributed by atoms with Gasteiger partial charge in [0.05, 0.1) is 23.8 Å². The van der Waals surface area contributed by atoms with Gasteiger partial charge in [0.2, 0.25) is 5.95 Å². The summed E-state index contributed by atoms with van der Waals surface area (Å²) >= 11 is 0. The Morgan fingerprint density at radius 1 is 0.972 bits per heavy atom. The molecule has 4 aromatic rings. The van der Waals surface area contributed by atoms with Gasteiger partial charge in [-0.05, 0) is 30.3 Å². The molecule has 0 aliphatic carbocycles. The smallest absolute Gasteiger partial charge is 0.416 e. The lowest BCUT2D eigenvalue weighted by Gasteiger charge is -2.36. The number of nitrogens with two attached hydrogens (primary N) is 1. The van der Waals surface area contributed by atoms with Crippen molar-refractivity contribution in [2.75, 3.05) is 48.8 Å². The fraction of sp³-hybridized carbons (Fsp3) is 0.292. The fourth-order valence-electron chi connectivity index (χ4n) is 4.30. The molecule has 8 nitrogen and oxygen atoms in total. The zero-order chi connectivity index (χ0) is 25.6.